The van der Waals surface area contributed by atoms with Gasteiger partial charge in [0.05, 0.1) is 17.2 Å². The van der Waals surface area contributed by atoms with Crippen molar-refractivity contribution in [1.82, 2.24) is 10.2 Å². The van der Waals surface area contributed by atoms with E-state index < -0.39 is 5.92 Å². The maximum Gasteiger partial charge on any atom is 0.244 e. The molecule has 150 valence electrons. The summed E-state index contributed by atoms with van der Waals surface area (Å²) >= 11 is 0. The minimum absolute atomic E-state index is 0.0652. The number of allylic oxidation sites excluding steroid dienone is 1. The number of hydrogen-bond donors (Lipinski definition) is 2. The predicted molar refractivity (Wildman–Crippen MR) is 110 cm³/mol. The van der Waals surface area contributed by atoms with Crippen LogP contribution in [0.4, 0.5) is 5.69 Å². The van der Waals surface area contributed by atoms with Crippen LogP contribution in [0.3, 0.4) is 0 Å². The zero-order valence-electron chi connectivity index (χ0n) is 16.5. The van der Waals surface area contributed by atoms with Crippen LogP contribution in [-0.4, -0.2) is 31.1 Å². The van der Waals surface area contributed by atoms with Crippen molar-refractivity contribution in [3.63, 3.8) is 0 Å². The number of fused-ring (bicyclic) bond motifs is 2. The predicted octanol–water partition coefficient (Wildman–Crippen LogP) is 3.09. The Balaban J connectivity index is 1.66. The van der Waals surface area contributed by atoms with Crippen LogP contribution in [0.1, 0.15) is 17.0 Å². The average molecular weight is 401 g/mol. The minimum atomic E-state index is -0.408. The molecule has 8 heteroatoms. The van der Waals surface area contributed by atoms with Gasteiger partial charge in [-0.05, 0) is 35.9 Å². The number of nitrogens with one attached hydrogen (secondary N) is 1. The van der Waals surface area contributed by atoms with Crippen molar-refractivity contribution >= 4 is 5.69 Å². The van der Waals surface area contributed by atoms with Gasteiger partial charge in [0.25, 0.3) is 0 Å². The van der Waals surface area contributed by atoms with Gasteiger partial charge in [-0.1, -0.05) is 12.1 Å². The maximum absolute atomic E-state index is 9.84. The van der Waals surface area contributed by atoms with Gasteiger partial charge in [0.1, 0.15) is 11.6 Å². The fraction of sp³-hybridized carbons (Fsp3) is 0.182. The molecular weight excluding hydrogens is 382 g/mol. The Morgan fingerprint density at radius 1 is 1.13 bits per heavy atom. The van der Waals surface area contributed by atoms with E-state index in [1.165, 1.54) is 0 Å². The molecule has 0 bridgehead atoms. The van der Waals surface area contributed by atoms with E-state index in [1.807, 2.05) is 61.5 Å². The number of nitriles is 1. The topological polar surface area (TPSA) is 109 Å². The Bertz CT molecular complexity index is 1200. The molecule has 2 aliphatic rings. The molecule has 3 aromatic rings. The molecule has 0 unspecified atom stereocenters. The summed E-state index contributed by atoms with van der Waals surface area (Å²) in [5, 5.41) is 17.2. The van der Waals surface area contributed by atoms with Gasteiger partial charge in [-0.25, -0.2) is 0 Å². The summed E-state index contributed by atoms with van der Waals surface area (Å²) in [7, 11) is 3.96. The first-order valence-electron chi connectivity index (χ1n) is 9.40. The molecule has 3 heterocycles. The van der Waals surface area contributed by atoms with Gasteiger partial charge in [0.15, 0.2) is 11.5 Å². The SMILES string of the molecule is CN(C)c1ccc([C@H]2C(C#N)=C(N)Oc3n[nH]c(-c4ccc5c(c4)OCO5)c32)cc1. The lowest BCUT2D eigenvalue weighted by atomic mass is 9.83. The summed E-state index contributed by atoms with van der Waals surface area (Å²) in [6.45, 7) is 0.196. The van der Waals surface area contributed by atoms with Crippen LogP contribution in [0, 0.1) is 11.3 Å². The summed E-state index contributed by atoms with van der Waals surface area (Å²) < 4.78 is 16.6. The van der Waals surface area contributed by atoms with Crippen molar-refractivity contribution in [3.8, 4) is 34.7 Å². The van der Waals surface area contributed by atoms with Crippen LogP contribution < -0.4 is 24.8 Å². The fourth-order valence-corrected chi connectivity index (χ4v) is 3.82. The summed E-state index contributed by atoms with van der Waals surface area (Å²) in [5.41, 5.74) is 10.8. The highest BCUT2D eigenvalue weighted by atomic mass is 16.7. The molecule has 0 saturated carbocycles. The normalized spacial score (nSPS) is 16.6. The largest absolute Gasteiger partial charge is 0.454 e. The Morgan fingerprint density at radius 3 is 2.63 bits per heavy atom. The second-order valence-electron chi connectivity index (χ2n) is 7.30. The summed E-state index contributed by atoms with van der Waals surface area (Å²) in [6, 6.07) is 15.9. The third-order valence-corrected chi connectivity index (χ3v) is 5.34. The second kappa shape index (κ2) is 6.74. The lowest BCUT2D eigenvalue weighted by Gasteiger charge is -2.24. The fourth-order valence-electron chi connectivity index (χ4n) is 3.82. The van der Waals surface area contributed by atoms with Crippen molar-refractivity contribution in [3.05, 3.63) is 65.0 Å². The highest BCUT2D eigenvalue weighted by Gasteiger charge is 2.35. The quantitative estimate of drug-likeness (QED) is 0.694. The molecule has 0 saturated heterocycles. The Hall–Kier alpha value is -4.12. The van der Waals surface area contributed by atoms with Gasteiger partial charge in [0.2, 0.25) is 18.6 Å². The van der Waals surface area contributed by atoms with Crippen molar-refractivity contribution < 1.29 is 14.2 Å². The summed E-state index contributed by atoms with van der Waals surface area (Å²) in [5.74, 6) is 1.38. The minimum Gasteiger partial charge on any atom is -0.454 e. The van der Waals surface area contributed by atoms with Gasteiger partial charge < -0.3 is 24.8 Å². The van der Waals surface area contributed by atoms with Gasteiger partial charge in [-0.3, -0.25) is 5.10 Å². The van der Waals surface area contributed by atoms with E-state index in [2.05, 4.69) is 16.3 Å². The van der Waals surface area contributed by atoms with E-state index in [1.54, 1.807) is 0 Å². The summed E-state index contributed by atoms with van der Waals surface area (Å²) in [6.07, 6.45) is 0. The Labute approximate surface area is 173 Å². The molecule has 1 atom stereocenters. The lowest BCUT2D eigenvalue weighted by molar-refractivity contribution is 0.174. The van der Waals surface area contributed by atoms with Crippen LogP contribution in [0.25, 0.3) is 11.3 Å². The summed E-state index contributed by atoms with van der Waals surface area (Å²) in [4.78, 5) is 2.02. The van der Waals surface area contributed by atoms with Gasteiger partial charge in [-0.15, -0.1) is 5.10 Å². The molecular formula is C22H19N5O3. The number of ether oxygens (including phenoxy) is 3. The Kier molecular flexibility index (Phi) is 4.03. The van der Waals surface area contributed by atoms with Crippen LogP contribution in [0.5, 0.6) is 17.4 Å². The van der Waals surface area contributed by atoms with Gasteiger partial charge >= 0.3 is 0 Å². The lowest BCUT2D eigenvalue weighted by Crippen LogP contribution is -2.21. The van der Waals surface area contributed by atoms with Crippen LogP contribution >= 0.6 is 0 Å². The van der Waals surface area contributed by atoms with Crippen molar-refractivity contribution in [1.29, 1.82) is 5.26 Å². The van der Waals surface area contributed by atoms with E-state index in [4.69, 9.17) is 19.9 Å². The number of H-pyrrole nitrogens is 1. The van der Waals surface area contributed by atoms with Gasteiger partial charge in [-0.2, -0.15) is 5.26 Å². The number of aromatic amines is 1. The third kappa shape index (κ3) is 2.71. The number of rotatable bonds is 3. The average Bonchev–Trinajstić information content (AvgIpc) is 3.38. The molecule has 3 N–H and O–H groups in total. The van der Waals surface area contributed by atoms with Crippen LogP contribution in [0.15, 0.2) is 53.9 Å². The van der Waals surface area contributed by atoms with E-state index in [9.17, 15) is 5.26 Å². The molecule has 0 spiro atoms. The van der Waals surface area contributed by atoms with Crippen molar-refractivity contribution in [2.45, 2.75) is 5.92 Å². The van der Waals surface area contributed by atoms with E-state index in [0.29, 0.717) is 23.0 Å². The Morgan fingerprint density at radius 2 is 1.90 bits per heavy atom. The van der Waals surface area contributed by atoms with Crippen molar-refractivity contribution in [2.75, 3.05) is 25.8 Å². The highest BCUT2D eigenvalue weighted by molar-refractivity contribution is 5.73. The molecule has 8 nitrogen and oxygen atoms in total. The molecule has 0 radical (unpaired) electrons. The second-order valence-corrected chi connectivity index (χ2v) is 7.30. The standard InChI is InChI=1S/C22H19N5O3/c1-27(2)14-6-3-12(4-7-14)18-15(10-23)21(24)30-22-19(18)20(25-26-22)13-5-8-16-17(9-13)29-11-28-16/h3-9,18H,11,24H2,1-2H3,(H,25,26)/t18-/m0/s1. The monoisotopic (exact) mass is 401 g/mol. The molecule has 5 rings (SSSR count). The number of hydrogen-bond acceptors (Lipinski definition) is 7. The third-order valence-electron chi connectivity index (χ3n) is 5.34. The smallest absolute Gasteiger partial charge is 0.244 e. The number of aromatic nitrogens is 2. The first kappa shape index (κ1) is 17.9. The number of benzene rings is 2. The number of nitrogens with two attached hydrogens (primary N) is 1. The van der Waals surface area contributed by atoms with Crippen molar-refractivity contribution in [2.24, 2.45) is 5.73 Å². The molecule has 0 fully saturated rings. The molecule has 0 amide bonds. The molecule has 2 aliphatic heterocycles. The molecule has 2 aromatic carbocycles. The van der Waals surface area contributed by atoms with E-state index in [0.717, 1.165) is 28.1 Å². The molecule has 30 heavy (non-hydrogen) atoms. The highest BCUT2D eigenvalue weighted by Crippen LogP contribution is 2.47. The van der Waals surface area contributed by atoms with E-state index in [-0.39, 0.29) is 12.7 Å². The first-order valence-corrected chi connectivity index (χ1v) is 9.40. The van der Waals surface area contributed by atoms with Crippen LogP contribution in [-0.2, 0) is 0 Å². The van der Waals surface area contributed by atoms with E-state index >= 15 is 0 Å². The zero-order valence-corrected chi connectivity index (χ0v) is 16.5. The molecule has 1 aromatic heterocycles. The molecule has 0 aliphatic carbocycles. The van der Waals surface area contributed by atoms with Crippen LogP contribution in [0.2, 0.25) is 0 Å². The van der Waals surface area contributed by atoms with Gasteiger partial charge in [0, 0.05) is 25.3 Å². The maximum atomic E-state index is 9.84. The number of anilines is 1. The zero-order chi connectivity index (χ0) is 20.8. The number of nitrogens with zero attached hydrogens (tertiary/aromatic N) is 3. The first-order chi connectivity index (χ1) is 14.6.